The van der Waals surface area contributed by atoms with Gasteiger partial charge >= 0.3 is 6.09 Å². The van der Waals surface area contributed by atoms with Crippen LogP contribution in [0.5, 0.6) is 5.75 Å². The highest BCUT2D eigenvalue weighted by molar-refractivity contribution is 8.03. The summed E-state index contributed by atoms with van der Waals surface area (Å²) in [4.78, 5) is 14.0. The summed E-state index contributed by atoms with van der Waals surface area (Å²) in [5.41, 5.74) is 3.37. The third-order valence-corrected chi connectivity index (χ3v) is 6.05. The molecule has 4 N–H and O–H groups in total. The number of amides is 1. The predicted octanol–water partition coefficient (Wildman–Crippen LogP) is 2.65. The highest BCUT2D eigenvalue weighted by Crippen LogP contribution is 2.45. The van der Waals surface area contributed by atoms with Gasteiger partial charge in [-0.25, -0.2) is 4.79 Å². The van der Waals surface area contributed by atoms with Crippen LogP contribution >= 0.6 is 11.8 Å². The van der Waals surface area contributed by atoms with E-state index in [1.165, 1.54) is 4.90 Å². The molecular weight excluding hydrogens is 432 g/mol. The van der Waals surface area contributed by atoms with E-state index in [2.05, 4.69) is 24.3 Å². The van der Waals surface area contributed by atoms with Crippen LogP contribution in [0.2, 0.25) is 0 Å². The van der Waals surface area contributed by atoms with E-state index in [-0.39, 0.29) is 13.2 Å². The maximum Gasteiger partial charge on any atom is 0.412 e. The maximum atomic E-state index is 11.6. The molecular formula is C22H30N4O5S. The number of fused-ring (bicyclic) bond motifs is 2. The van der Waals surface area contributed by atoms with Gasteiger partial charge < -0.3 is 25.4 Å². The molecule has 1 aromatic heterocycles. The minimum absolute atomic E-state index is 0.0280. The molecule has 2 aliphatic rings. The molecule has 1 amide bonds. The second kappa shape index (κ2) is 11.4. The minimum Gasteiger partial charge on any atom is -0.493 e. The molecule has 32 heavy (non-hydrogen) atoms. The molecule has 0 radical (unpaired) electrons. The minimum atomic E-state index is -0.952. The van der Waals surface area contributed by atoms with E-state index < -0.39 is 6.09 Å². The molecule has 0 saturated carbocycles. The van der Waals surface area contributed by atoms with Crippen molar-refractivity contribution in [2.24, 2.45) is 0 Å². The number of nitrogens with one attached hydrogen (secondary N) is 1. The molecule has 0 aliphatic carbocycles. The summed E-state index contributed by atoms with van der Waals surface area (Å²) in [6.07, 6.45) is 3.36. The lowest BCUT2D eigenvalue weighted by atomic mass is 10.0. The smallest absolute Gasteiger partial charge is 0.412 e. The van der Waals surface area contributed by atoms with Gasteiger partial charge in [0.2, 0.25) is 0 Å². The Morgan fingerprint density at radius 2 is 2.09 bits per heavy atom. The van der Waals surface area contributed by atoms with Crippen LogP contribution in [0.1, 0.15) is 25.8 Å². The monoisotopic (exact) mass is 462 g/mol. The molecule has 0 bridgehead atoms. The second-order valence-corrected chi connectivity index (χ2v) is 8.65. The number of aliphatic hydroxyl groups excluding tert-OH is 2. The maximum absolute atomic E-state index is 11.6. The van der Waals surface area contributed by atoms with Crippen LogP contribution in [0.15, 0.2) is 35.5 Å². The number of ether oxygens (including phenoxy) is 1. The first kappa shape index (κ1) is 24.1. The predicted molar refractivity (Wildman–Crippen MR) is 124 cm³/mol. The number of carbonyl (C=O) groups is 1. The van der Waals surface area contributed by atoms with Gasteiger partial charge in [0.25, 0.3) is 0 Å². The van der Waals surface area contributed by atoms with E-state index in [4.69, 9.17) is 14.9 Å². The average molecular weight is 463 g/mol. The van der Waals surface area contributed by atoms with Crippen LogP contribution in [-0.2, 0) is 6.54 Å². The molecule has 1 aromatic carbocycles. The summed E-state index contributed by atoms with van der Waals surface area (Å²) < 4.78 is 7.50. The van der Waals surface area contributed by atoms with Crippen LogP contribution in [-0.4, -0.2) is 74.4 Å². The number of thioether (sulfide) groups is 1. The molecule has 10 heteroatoms. The number of aliphatic hydroxyl groups is 2. The SMILES string of the molecule is CC(C)NCCO.O=C(O)N1CSC2=C1c1cc(-c3cnn(CCO)c3)ccc1OCC2. The first-order chi connectivity index (χ1) is 15.4. The van der Waals surface area contributed by atoms with Crippen LogP contribution in [0.25, 0.3) is 16.8 Å². The van der Waals surface area contributed by atoms with E-state index in [9.17, 15) is 9.90 Å². The van der Waals surface area contributed by atoms with Crippen molar-refractivity contribution in [3.63, 3.8) is 0 Å². The fraction of sp³-hybridized carbons (Fsp3) is 0.455. The Balaban J connectivity index is 0.000000360. The summed E-state index contributed by atoms with van der Waals surface area (Å²) in [6.45, 7) is 6.05. The molecule has 0 saturated heterocycles. The van der Waals surface area contributed by atoms with Gasteiger partial charge in [-0.15, -0.1) is 11.8 Å². The van der Waals surface area contributed by atoms with E-state index in [1.807, 2.05) is 24.4 Å². The van der Waals surface area contributed by atoms with Gasteiger partial charge in [0.15, 0.2) is 0 Å². The van der Waals surface area contributed by atoms with Crippen molar-refractivity contribution < 1.29 is 24.9 Å². The Morgan fingerprint density at radius 3 is 2.75 bits per heavy atom. The third-order valence-electron chi connectivity index (χ3n) is 4.91. The van der Waals surface area contributed by atoms with Crippen molar-refractivity contribution in [3.05, 3.63) is 41.1 Å². The molecule has 2 aromatic rings. The zero-order valence-corrected chi connectivity index (χ0v) is 19.1. The van der Waals surface area contributed by atoms with Crippen molar-refractivity contribution in [1.82, 2.24) is 20.0 Å². The first-order valence-corrected chi connectivity index (χ1v) is 11.5. The summed E-state index contributed by atoms with van der Waals surface area (Å²) in [5, 5.41) is 34.1. The molecule has 0 fully saturated rings. The Morgan fingerprint density at radius 1 is 1.28 bits per heavy atom. The van der Waals surface area contributed by atoms with Gasteiger partial charge in [-0.05, 0) is 17.7 Å². The van der Waals surface area contributed by atoms with Gasteiger partial charge in [-0.3, -0.25) is 9.58 Å². The second-order valence-electron chi connectivity index (χ2n) is 7.61. The molecule has 9 nitrogen and oxygen atoms in total. The lowest BCUT2D eigenvalue weighted by molar-refractivity contribution is 0.172. The van der Waals surface area contributed by atoms with Crippen molar-refractivity contribution in [2.75, 3.05) is 32.2 Å². The van der Waals surface area contributed by atoms with Crippen LogP contribution < -0.4 is 10.1 Å². The average Bonchev–Trinajstić information content (AvgIpc) is 3.37. The quantitative estimate of drug-likeness (QED) is 0.517. The summed E-state index contributed by atoms with van der Waals surface area (Å²) in [6, 6.07) is 6.27. The van der Waals surface area contributed by atoms with Gasteiger partial charge in [0, 0.05) is 41.2 Å². The lowest BCUT2D eigenvalue weighted by Gasteiger charge is -2.18. The zero-order chi connectivity index (χ0) is 23.1. The molecule has 2 aliphatic heterocycles. The fourth-order valence-corrected chi connectivity index (χ4v) is 4.54. The zero-order valence-electron chi connectivity index (χ0n) is 18.3. The third kappa shape index (κ3) is 5.83. The summed E-state index contributed by atoms with van der Waals surface area (Å²) in [7, 11) is 0. The Kier molecular flexibility index (Phi) is 8.57. The highest BCUT2D eigenvalue weighted by atomic mass is 32.2. The Labute approximate surface area is 191 Å². The summed E-state index contributed by atoms with van der Waals surface area (Å²) >= 11 is 1.55. The fourth-order valence-electron chi connectivity index (χ4n) is 3.43. The molecule has 0 atom stereocenters. The number of carboxylic acid groups (broad SMARTS) is 1. The number of aromatic nitrogens is 2. The van der Waals surface area contributed by atoms with E-state index in [1.54, 1.807) is 22.6 Å². The van der Waals surface area contributed by atoms with E-state index in [0.29, 0.717) is 43.8 Å². The topological polar surface area (TPSA) is 120 Å². The normalized spacial score (nSPS) is 15.0. The molecule has 3 heterocycles. The van der Waals surface area contributed by atoms with Gasteiger partial charge in [0.05, 0.1) is 44.1 Å². The number of hydrogen-bond donors (Lipinski definition) is 4. The van der Waals surface area contributed by atoms with Gasteiger partial charge in [0.1, 0.15) is 5.75 Å². The standard InChI is InChI=1S/C17H17N3O4S.C5H13NO/c21-5-4-19-9-12(8-18-19)11-1-2-14-13(7-11)16-15(3-6-24-14)25-10-20(16)17(22)23;1-5(2)6-3-4-7/h1-2,7-9,21H,3-6,10H2,(H,22,23);5-7H,3-4H2,1-2H3. The largest absolute Gasteiger partial charge is 0.493 e. The van der Waals surface area contributed by atoms with Crippen molar-refractivity contribution in [3.8, 4) is 16.9 Å². The molecule has 174 valence electrons. The number of benzene rings is 1. The van der Waals surface area contributed by atoms with Gasteiger partial charge in [-0.2, -0.15) is 5.10 Å². The lowest BCUT2D eigenvalue weighted by Crippen LogP contribution is -2.25. The number of rotatable bonds is 6. The van der Waals surface area contributed by atoms with Crippen molar-refractivity contribution >= 4 is 23.6 Å². The molecule has 4 rings (SSSR count). The van der Waals surface area contributed by atoms with Crippen molar-refractivity contribution in [2.45, 2.75) is 32.9 Å². The Bertz CT molecular complexity index is 960. The number of nitrogens with zero attached hydrogens (tertiary/aromatic N) is 3. The Hall–Kier alpha value is -2.53. The van der Waals surface area contributed by atoms with Crippen LogP contribution in [0, 0.1) is 0 Å². The first-order valence-electron chi connectivity index (χ1n) is 10.6. The number of hydrogen-bond acceptors (Lipinski definition) is 7. The highest BCUT2D eigenvalue weighted by Gasteiger charge is 2.32. The van der Waals surface area contributed by atoms with Crippen molar-refractivity contribution in [1.29, 1.82) is 0 Å². The molecule has 0 spiro atoms. The van der Waals surface area contributed by atoms with E-state index in [0.717, 1.165) is 27.3 Å². The molecule has 0 unspecified atom stereocenters. The van der Waals surface area contributed by atoms with Gasteiger partial charge in [-0.1, -0.05) is 19.9 Å². The summed E-state index contributed by atoms with van der Waals surface area (Å²) in [5.74, 6) is 1.11. The van der Waals surface area contributed by atoms with Crippen LogP contribution in [0.3, 0.4) is 0 Å². The van der Waals surface area contributed by atoms with E-state index >= 15 is 0 Å². The van der Waals surface area contributed by atoms with Crippen LogP contribution in [0.4, 0.5) is 4.79 Å².